The van der Waals surface area contributed by atoms with Crippen LogP contribution in [0.4, 0.5) is 5.69 Å². The van der Waals surface area contributed by atoms with Gasteiger partial charge in [-0.2, -0.15) is 0 Å². The first kappa shape index (κ1) is 12.6. The number of amides is 1. The third-order valence-corrected chi connectivity index (χ3v) is 2.84. The van der Waals surface area contributed by atoms with Crippen LogP contribution >= 0.6 is 11.6 Å². The van der Waals surface area contributed by atoms with Crippen molar-refractivity contribution in [3.8, 4) is 0 Å². The average molecular weight is 261 g/mol. The lowest BCUT2D eigenvalue weighted by Gasteiger charge is -2.07. The quantitative estimate of drug-likeness (QED) is 0.839. The number of aromatic nitrogens is 1. The molecule has 0 atom stereocenters. The van der Waals surface area contributed by atoms with Crippen LogP contribution in [0.5, 0.6) is 0 Å². The van der Waals surface area contributed by atoms with Crippen LogP contribution in [0.1, 0.15) is 21.5 Å². The Hall–Kier alpha value is -1.87. The van der Waals surface area contributed by atoms with Crippen molar-refractivity contribution in [1.82, 2.24) is 4.98 Å². The van der Waals surface area contributed by atoms with Crippen LogP contribution in [-0.4, -0.2) is 10.9 Å². The largest absolute Gasteiger partial charge is 0.319 e. The van der Waals surface area contributed by atoms with Crippen molar-refractivity contribution < 1.29 is 4.79 Å². The average Bonchev–Trinajstić information content (AvgIpc) is 2.34. The fourth-order valence-corrected chi connectivity index (χ4v) is 1.69. The molecule has 1 aromatic carbocycles. The van der Waals surface area contributed by atoms with Gasteiger partial charge in [0.05, 0.1) is 5.69 Å². The van der Waals surface area contributed by atoms with Crippen LogP contribution in [0.25, 0.3) is 0 Å². The topological polar surface area (TPSA) is 42.0 Å². The molecule has 0 bridgehead atoms. The number of aryl methyl sites for hydroxylation is 2. The van der Waals surface area contributed by atoms with E-state index >= 15 is 0 Å². The smallest absolute Gasteiger partial charge is 0.255 e. The molecule has 0 saturated carbocycles. The van der Waals surface area contributed by atoms with E-state index in [2.05, 4.69) is 10.3 Å². The summed E-state index contributed by atoms with van der Waals surface area (Å²) in [7, 11) is 0. The summed E-state index contributed by atoms with van der Waals surface area (Å²) in [4.78, 5) is 16.0. The summed E-state index contributed by atoms with van der Waals surface area (Å²) in [6.45, 7) is 3.87. The Labute approximate surface area is 111 Å². The number of anilines is 1. The number of carbonyl (C=O) groups excluding carboxylic acids is 1. The highest BCUT2D eigenvalue weighted by molar-refractivity contribution is 6.32. The Morgan fingerprint density at radius 3 is 2.50 bits per heavy atom. The molecule has 0 fully saturated rings. The van der Waals surface area contributed by atoms with Crippen molar-refractivity contribution in [3.05, 3.63) is 58.4 Å². The molecule has 1 N–H and O–H groups in total. The molecule has 2 rings (SSSR count). The molecule has 0 unspecified atom stereocenters. The summed E-state index contributed by atoms with van der Waals surface area (Å²) in [5.41, 5.74) is 3.18. The minimum absolute atomic E-state index is 0.190. The van der Waals surface area contributed by atoms with E-state index in [1.54, 1.807) is 24.4 Å². The first-order valence-electron chi connectivity index (χ1n) is 5.56. The number of benzene rings is 1. The van der Waals surface area contributed by atoms with Gasteiger partial charge in [-0.05, 0) is 37.6 Å². The molecule has 1 amide bonds. The summed E-state index contributed by atoms with van der Waals surface area (Å²) in [5, 5.41) is 3.05. The minimum Gasteiger partial charge on any atom is -0.319 e. The second-order valence-electron chi connectivity index (χ2n) is 4.17. The second kappa shape index (κ2) is 5.19. The number of rotatable bonds is 2. The Morgan fingerprint density at radius 1 is 1.17 bits per heavy atom. The number of halogens is 1. The maximum absolute atomic E-state index is 12.0. The van der Waals surface area contributed by atoms with E-state index in [1.807, 2.05) is 26.0 Å². The van der Waals surface area contributed by atoms with E-state index in [1.165, 1.54) is 0 Å². The highest BCUT2D eigenvalue weighted by Gasteiger charge is 2.09. The van der Waals surface area contributed by atoms with Gasteiger partial charge >= 0.3 is 0 Å². The molecule has 4 heteroatoms. The third kappa shape index (κ3) is 2.87. The number of hydrogen-bond donors (Lipinski definition) is 1. The normalized spacial score (nSPS) is 10.2. The summed E-state index contributed by atoms with van der Waals surface area (Å²) in [5.74, 6) is -0.190. The minimum atomic E-state index is -0.190. The molecule has 0 aliphatic heterocycles. The van der Waals surface area contributed by atoms with Gasteiger partial charge in [0, 0.05) is 11.8 Å². The molecule has 0 spiro atoms. The zero-order valence-electron chi connectivity index (χ0n) is 10.2. The Balaban J connectivity index is 2.21. The molecule has 0 radical (unpaired) electrons. The number of nitrogens with zero attached hydrogens (tertiary/aromatic N) is 1. The van der Waals surface area contributed by atoms with Gasteiger partial charge in [-0.25, -0.2) is 4.98 Å². The lowest BCUT2D eigenvalue weighted by molar-refractivity contribution is 0.102. The highest BCUT2D eigenvalue weighted by Crippen LogP contribution is 2.20. The van der Waals surface area contributed by atoms with Crippen LogP contribution in [0, 0.1) is 13.8 Å². The fourth-order valence-electron chi connectivity index (χ4n) is 1.54. The van der Waals surface area contributed by atoms with Crippen LogP contribution in [0.2, 0.25) is 5.15 Å². The fraction of sp³-hybridized carbons (Fsp3) is 0.143. The van der Waals surface area contributed by atoms with Crippen molar-refractivity contribution in [2.24, 2.45) is 0 Å². The summed E-state index contributed by atoms with van der Waals surface area (Å²) in [6.07, 6.45) is 1.66. The molecule has 3 nitrogen and oxygen atoms in total. The van der Waals surface area contributed by atoms with Gasteiger partial charge in [0.1, 0.15) is 0 Å². The zero-order valence-corrected chi connectivity index (χ0v) is 11.0. The maximum Gasteiger partial charge on any atom is 0.255 e. The van der Waals surface area contributed by atoms with Crippen LogP contribution in [-0.2, 0) is 0 Å². The van der Waals surface area contributed by atoms with E-state index in [-0.39, 0.29) is 5.91 Å². The predicted molar refractivity (Wildman–Crippen MR) is 73.1 cm³/mol. The highest BCUT2D eigenvalue weighted by atomic mass is 35.5. The SMILES string of the molecule is Cc1ccc(C(=O)Nc2cc(C)cnc2Cl)cc1. The number of nitrogens with one attached hydrogen (secondary N) is 1. The van der Waals surface area contributed by atoms with E-state index in [4.69, 9.17) is 11.6 Å². The van der Waals surface area contributed by atoms with Crippen molar-refractivity contribution >= 4 is 23.2 Å². The van der Waals surface area contributed by atoms with Crippen LogP contribution in [0.3, 0.4) is 0 Å². The molecule has 18 heavy (non-hydrogen) atoms. The maximum atomic E-state index is 12.0. The molecule has 2 aromatic rings. The summed E-state index contributed by atoms with van der Waals surface area (Å²) in [6, 6.07) is 9.14. The van der Waals surface area contributed by atoms with Gasteiger partial charge in [-0.1, -0.05) is 29.3 Å². The second-order valence-corrected chi connectivity index (χ2v) is 4.53. The van der Waals surface area contributed by atoms with Gasteiger partial charge in [0.15, 0.2) is 5.15 Å². The van der Waals surface area contributed by atoms with Gasteiger partial charge in [0.2, 0.25) is 0 Å². The monoisotopic (exact) mass is 260 g/mol. The predicted octanol–water partition coefficient (Wildman–Crippen LogP) is 3.60. The van der Waals surface area contributed by atoms with Crippen molar-refractivity contribution in [2.75, 3.05) is 5.32 Å². The molecule has 1 aromatic heterocycles. The third-order valence-electron chi connectivity index (χ3n) is 2.54. The summed E-state index contributed by atoms with van der Waals surface area (Å²) < 4.78 is 0. The lowest BCUT2D eigenvalue weighted by atomic mass is 10.1. The Kier molecular flexibility index (Phi) is 3.63. The first-order chi connectivity index (χ1) is 8.56. The van der Waals surface area contributed by atoms with Gasteiger partial charge in [-0.3, -0.25) is 4.79 Å². The molecule has 92 valence electrons. The van der Waals surface area contributed by atoms with Crippen molar-refractivity contribution in [2.45, 2.75) is 13.8 Å². The molecule has 0 aliphatic rings. The molecule has 0 aliphatic carbocycles. The standard InChI is InChI=1S/C14H13ClN2O/c1-9-3-5-11(6-4-9)14(18)17-12-7-10(2)8-16-13(12)15/h3-8H,1-2H3,(H,17,18). The molecular formula is C14H13ClN2O. The van der Waals surface area contributed by atoms with Crippen molar-refractivity contribution in [1.29, 1.82) is 0 Å². The molecule has 0 saturated heterocycles. The van der Waals surface area contributed by atoms with Gasteiger partial charge in [-0.15, -0.1) is 0 Å². The van der Waals surface area contributed by atoms with Crippen LogP contribution < -0.4 is 5.32 Å². The van der Waals surface area contributed by atoms with E-state index in [9.17, 15) is 4.79 Å². The zero-order chi connectivity index (χ0) is 13.1. The molecular weight excluding hydrogens is 248 g/mol. The number of carbonyl (C=O) groups is 1. The number of hydrogen-bond acceptors (Lipinski definition) is 2. The lowest BCUT2D eigenvalue weighted by Crippen LogP contribution is -2.12. The summed E-state index contributed by atoms with van der Waals surface area (Å²) >= 11 is 5.93. The van der Waals surface area contributed by atoms with Crippen LogP contribution in [0.15, 0.2) is 36.5 Å². The Bertz CT molecular complexity index is 579. The van der Waals surface area contributed by atoms with Gasteiger partial charge in [0.25, 0.3) is 5.91 Å². The van der Waals surface area contributed by atoms with E-state index in [0.29, 0.717) is 16.4 Å². The van der Waals surface area contributed by atoms with Gasteiger partial charge < -0.3 is 5.32 Å². The Morgan fingerprint density at radius 2 is 1.83 bits per heavy atom. The van der Waals surface area contributed by atoms with E-state index in [0.717, 1.165) is 11.1 Å². The molecule has 1 heterocycles. The van der Waals surface area contributed by atoms with Crippen molar-refractivity contribution in [3.63, 3.8) is 0 Å². The first-order valence-corrected chi connectivity index (χ1v) is 5.94. The van der Waals surface area contributed by atoms with E-state index < -0.39 is 0 Å². The number of pyridine rings is 1.